The minimum Gasteiger partial charge on any atom is -0.349 e. The highest BCUT2D eigenvalue weighted by Crippen LogP contribution is 2.20. The minimum atomic E-state index is -0.574. The van der Waals surface area contributed by atoms with Gasteiger partial charge < -0.3 is 10.3 Å². The Morgan fingerprint density at radius 2 is 2.04 bits per heavy atom. The minimum absolute atomic E-state index is 0.0905. The molecule has 7 heteroatoms. The lowest BCUT2D eigenvalue weighted by Gasteiger charge is -2.21. The van der Waals surface area contributed by atoms with E-state index < -0.39 is 11.2 Å². The van der Waals surface area contributed by atoms with E-state index in [0.29, 0.717) is 11.6 Å². The Balaban J connectivity index is 2.17. The van der Waals surface area contributed by atoms with Gasteiger partial charge in [0.1, 0.15) is 0 Å². The van der Waals surface area contributed by atoms with Crippen molar-refractivity contribution in [2.45, 2.75) is 39.7 Å². The van der Waals surface area contributed by atoms with Crippen LogP contribution in [0.1, 0.15) is 43.1 Å². The molecule has 0 bridgehead atoms. The second kappa shape index (κ2) is 7.72. The summed E-state index contributed by atoms with van der Waals surface area (Å²) in [6, 6.07) is 3.57. The first kappa shape index (κ1) is 17.7. The highest BCUT2D eigenvalue weighted by molar-refractivity contribution is 5.79. The molecule has 7 nitrogen and oxygen atoms in total. The molecule has 128 valence electrons. The molecule has 3 N–H and O–H groups in total. The number of hydrogen-bond acceptors (Lipinski definition) is 4. The molecule has 0 aromatic carbocycles. The Morgan fingerprint density at radius 1 is 1.29 bits per heavy atom. The molecule has 0 unspecified atom stereocenters. The van der Waals surface area contributed by atoms with Gasteiger partial charge in [0.25, 0.3) is 5.56 Å². The standard InChI is InChI=1S/C17H22N4O3/c1-10(2)7-14(12-5-4-6-18-9-12)20-15(22)8-13-11(3)19-17(24)21-16(13)23/h4-6,9-10,14H,7-8H2,1-3H3,(H,20,22)(H2,19,21,23,24)/t14-/m1/s1. The second-order valence-corrected chi connectivity index (χ2v) is 6.22. The molecular formula is C17H22N4O3. The maximum atomic E-state index is 12.4. The number of hydrogen-bond donors (Lipinski definition) is 3. The van der Waals surface area contributed by atoms with Crippen molar-refractivity contribution in [1.82, 2.24) is 20.3 Å². The molecule has 2 heterocycles. The number of amides is 1. The Labute approximate surface area is 139 Å². The number of aryl methyl sites for hydroxylation is 1. The molecule has 0 aliphatic rings. The monoisotopic (exact) mass is 330 g/mol. The number of carbonyl (C=O) groups is 1. The molecule has 0 aliphatic carbocycles. The van der Waals surface area contributed by atoms with E-state index in [9.17, 15) is 14.4 Å². The van der Waals surface area contributed by atoms with Crippen LogP contribution < -0.4 is 16.6 Å². The average molecular weight is 330 g/mol. The molecular weight excluding hydrogens is 308 g/mol. The van der Waals surface area contributed by atoms with E-state index in [0.717, 1.165) is 12.0 Å². The van der Waals surface area contributed by atoms with Crippen LogP contribution in [0, 0.1) is 12.8 Å². The first-order chi connectivity index (χ1) is 11.4. The van der Waals surface area contributed by atoms with Gasteiger partial charge in [0.15, 0.2) is 0 Å². The van der Waals surface area contributed by atoms with Crippen LogP contribution in [0.2, 0.25) is 0 Å². The van der Waals surface area contributed by atoms with Crippen molar-refractivity contribution in [3.05, 3.63) is 62.2 Å². The predicted octanol–water partition coefficient (Wildman–Crippen LogP) is 1.21. The summed E-state index contributed by atoms with van der Waals surface area (Å²) < 4.78 is 0. The third-order valence-corrected chi connectivity index (χ3v) is 3.72. The van der Waals surface area contributed by atoms with Crippen molar-refractivity contribution in [3.8, 4) is 0 Å². The smallest absolute Gasteiger partial charge is 0.325 e. The van der Waals surface area contributed by atoms with Gasteiger partial charge in [-0.3, -0.25) is 19.6 Å². The number of nitrogens with one attached hydrogen (secondary N) is 3. The molecule has 2 rings (SSSR count). The summed E-state index contributed by atoms with van der Waals surface area (Å²) >= 11 is 0. The number of aromatic nitrogens is 3. The van der Waals surface area contributed by atoms with Crippen molar-refractivity contribution in [2.24, 2.45) is 5.92 Å². The summed E-state index contributed by atoms with van der Waals surface area (Å²) in [5.74, 6) is 0.110. The van der Waals surface area contributed by atoms with Gasteiger partial charge in [0.2, 0.25) is 5.91 Å². The molecule has 24 heavy (non-hydrogen) atoms. The Morgan fingerprint density at radius 3 is 2.62 bits per heavy atom. The molecule has 2 aromatic heterocycles. The first-order valence-corrected chi connectivity index (χ1v) is 7.88. The number of nitrogens with zero attached hydrogens (tertiary/aromatic N) is 1. The lowest BCUT2D eigenvalue weighted by atomic mass is 9.98. The Bertz CT molecular complexity index is 809. The largest absolute Gasteiger partial charge is 0.349 e. The van der Waals surface area contributed by atoms with Crippen LogP contribution in [-0.2, 0) is 11.2 Å². The topological polar surface area (TPSA) is 108 Å². The fourth-order valence-electron chi connectivity index (χ4n) is 2.58. The lowest BCUT2D eigenvalue weighted by Crippen LogP contribution is -2.34. The predicted molar refractivity (Wildman–Crippen MR) is 90.7 cm³/mol. The van der Waals surface area contributed by atoms with Crippen molar-refractivity contribution >= 4 is 5.91 Å². The number of aromatic amines is 2. The quantitative estimate of drug-likeness (QED) is 0.740. The van der Waals surface area contributed by atoms with Crippen LogP contribution >= 0.6 is 0 Å². The van der Waals surface area contributed by atoms with E-state index in [2.05, 4.69) is 34.1 Å². The van der Waals surface area contributed by atoms with Crippen LogP contribution in [0.15, 0.2) is 34.1 Å². The summed E-state index contributed by atoms with van der Waals surface area (Å²) in [5, 5.41) is 2.96. The van der Waals surface area contributed by atoms with Gasteiger partial charge in [-0.05, 0) is 30.9 Å². The van der Waals surface area contributed by atoms with Gasteiger partial charge in [-0.2, -0.15) is 0 Å². The average Bonchev–Trinajstić information content (AvgIpc) is 2.50. The summed E-state index contributed by atoms with van der Waals surface area (Å²) in [7, 11) is 0. The van der Waals surface area contributed by atoms with Gasteiger partial charge in [-0.15, -0.1) is 0 Å². The van der Waals surface area contributed by atoms with Gasteiger partial charge in [0.05, 0.1) is 12.5 Å². The van der Waals surface area contributed by atoms with Gasteiger partial charge in [-0.1, -0.05) is 19.9 Å². The van der Waals surface area contributed by atoms with E-state index in [1.807, 2.05) is 12.1 Å². The number of carbonyl (C=O) groups excluding carboxylic acids is 1. The molecule has 1 atom stereocenters. The molecule has 0 aliphatic heterocycles. The zero-order chi connectivity index (χ0) is 17.7. The SMILES string of the molecule is Cc1[nH]c(=O)[nH]c(=O)c1CC(=O)N[C@H](CC(C)C)c1cccnc1. The molecule has 0 saturated heterocycles. The fraction of sp³-hybridized carbons (Fsp3) is 0.412. The Hall–Kier alpha value is -2.70. The van der Waals surface area contributed by atoms with Gasteiger partial charge in [-0.25, -0.2) is 4.79 Å². The molecule has 0 radical (unpaired) electrons. The van der Waals surface area contributed by atoms with Crippen LogP contribution in [0.3, 0.4) is 0 Å². The summed E-state index contributed by atoms with van der Waals surface area (Å²) in [6.07, 6.45) is 4.08. The first-order valence-electron chi connectivity index (χ1n) is 7.88. The molecule has 1 amide bonds. The van der Waals surface area contributed by atoms with E-state index >= 15 is 0 Å². The van der Waals surface area contributed by atoms with Crippen molar-refractivity contribution < 1.29 is 4.79 Å². The maximum Gasteiger partial charge on any atom is 0.325 e. The van der Waals surface area contributed by atoms with E-state index in [1.54, 1.807) is 19.3 Å². The number of rotatable bonds is 6. The lowest BCUT2D eigenvalue weighted by molar-refractivity contribution is -0.121. The van der Waals surface area contributed by atoms with Crippen molar-refractivity contribution in [2.75, 3.05) is 0 Å². The normalized spacial score (nSPS) is 12.2. The molecule has 0 fully saturated rings. The summed E-state index contributed by atoms with van der Waals surface area (Å²) in [4.78, 5) is 44.2. The molecule has 2 aromatic rings. The second-order valence-electron chi connectivity index (χ2n) is 6.22. The molecule has 0 saturated carbocycles. The fourth-order valence-corrected chi connectivity index (χ4v) is 2.58. The third kappa shape index (κ3) is 4.65. The zero-order valence-electron chi connectivity index (χ0n) is 14.1. The van der Waals surface area contributed by atoms with Crippen LogP contribution in [0.25, 0.3) is 0 Å². The van der Waals surface area contributed by atoms with Crippen LogP contribution in [0.4, 0.5) is 0 Å². The van der Waals surface area contributed by atoms with Crippen LogP contribution in [0.5, 0.6) is 0 Å². The third-order valence-electron chi connectivity index (χ3n) is 3.72. The van der Waals surface area contributed by atoms with E-state index in [1.165, 1.54) is 0 Å². The van der Waals surface area contributed by atoms with Gasteiger partial charge >= 0.3 is 5.69 Å². The van der Waals surface area contributed by atoms with Crippen molar-refractivity contribution in [1.29, 1.82) is 0 Å². The highest BCUT2D eigenvalue weighted by Gasteiger charge is 2.18. The van der Waals surface area contributed by atoms with Crippen molar-refractivity contribution in [3.63, 3.8) is 0 Å². The van der Waals surface area contributed by atoms with Gasteiger partial charge in [0, 0.05) is 23.7 Å². The number of H-pyrrole nitrogens is 2. The maximum absolute atomic E-state index is 12.4. The number of pyridine rings is 1. The van der Waals surface area contributed by atoms with Crippen LogP contribution in [-0.4, -0.2) is 20.9 Å². The Kier molecular flexibility index (Phi) is 5.68. The zero-order valence-corrected chi connectivity index (χ0v) is 14.1. The van der Waals surface area contributed by atoms with E-state index in [-0.39, 0.29) is 23.9 Å². The summed E-state index contributed by atoms with van der Waals surface area (Å²) in [5.41, 5.74) is 0.483. The molecule has 0 spiro atoms. The summed E-state index contributed by atoms with van der Waals surface area (Å²) in [6.45, 7) is 5.75. The highest BCUT2D eigenvalue weighted by atomic mass is 16.2. The van der Waals surface area contributed by atoms with E-state index in [4.69, 9.17) is 0 Å².